The van der Waals surface area contributed by atoms with Crippen molar-refractivity contribution in [1.82, 2.24) is 0 Å². The van der Waals surface area contributed by atoms with E-state index in [0.29, 0.717) is 17.1 Å². The minimum absolute atomic E-state index is 0.444. The summed E-state index contributed by atoms with van der Waals surface area (Å²) in [5, 5.41) is 2.75. The van der Waals surface area contributed by atoms with Crippen LogP contribution in [0.4, 0.5) is 11.4 Å². The lowest BCUT2D eigenvalue weighted by atomic mass is 10.1. The molecule has 0 aromatic heterocycles. The van der Waals surface area contributed by atoms with Crippen LogP contribution in [0.2, 0.25) is 0 Å². The number of carbonyl (C=O) groups is 1. The van der Waals surface area contributed by atoms with Crippen LogP contribution in [0.1, 0.15) is 18.1 Å². The molecule has 0 spiro atoms. The van der Waals surface area contributed by atoms with E-state index in [2.05, 4.69) is 5.32 Å². The number of anilines is 2. The molecule has 2 rings (SSSR count). The Hall–Kier alpha value is -2.54. The molecule has 2 aromatic rings. The van der Waals surface area contributed by atoms with Gasteiger partial charge in [-0.15, -0.1) is 0 Å². The summed E-state index contributed by atoms with van der Waals surface area (Å²) in [6.45, 7) is 5.26. The molecule has 0 heterocycles. The summed E-state index contributed by atoms with van der Waals surface area (Å²) in [6.07, 6.45) is 1.10. The molecule has 0 fully saturated rings. The van der Waals surface area contributed by atoms with E-state index in [9.17, 15) is 13.2 Å². The van der Waals surface area contributed by atoms with Crippen molar-refractivity contribution in [1.29, 1.82) is 0 Å². The van der Waals surface area contributed by atoms with E-state index in [4.69, 9.17) is 4.74 Å². The summed E-state index contributed by atoms with van der Waals surface area (Å²) in [7, 11) is -2.16. The van der Waals surface area contributed by atoms with Crippen molar-refractivity contribution in [3.63, 3.8) is 0 Å². The van der Waals surface area contributed by atoms with Crippen molar-refractivity contribution < 1.29 is 17.9 Å². The van der Waals surface area contributed by atoms with E-state index in [-0.39, 0.29) is 0 Å². The van der Waals surface area contributed by atoms with Crippen LogP contribution in [0.15, 0.2) is 42.5 Å². The van der Waals surface area contributed by atoms with Gasteiger partial charge in [0.2, 0.25) is 15.9 Å². The number of benzene rings is 2. The van der Waals surface area contributed by atoms with E-state index in [1.807, 2.05) is 26.0 Å². The fourth-order valence-electron chi connectivity index (χ4n) is 2.72. The summed E-state index contributed by atoms with van der Waals surface area (Å²) < 4.78 is 31.3. The highest BCUT2D eigenvalue weighted by molar-refractivity contribution is 7.92. The van der Waals surface area contributed by atoms with Gasteiger partial charge in [0.1, 0.15) is 11.8 Å². The first-order chi connectivity index (χ1) is 12.1. The zero-order chi connectivity index (χ0) is 19.5. The molecule has 2 aromatic carbocycles. The van der Waals surface area contributed by atoms with Crippen LogP contribution in [-0.2, 0) is 14.8 Å². The van der Waals surface area contributed by atoms with Gasteiger partial charge in [-0.3, -0.25) is 9.10 Å². The molecule has 6 nitrogen and oxygen atoms in total. The maximum atomic E-state index is 12.8. The first-order valence-electron chi connectivity index (χ1n) is 8.15. The predicted molar refractivity (Wildman–Crippen MR) is 104 cm³/mol. The molecule has 140 valence electrons. The Bertz CT molecular complexity index is 910. The van der Waals surface area contributed by atoms with Crippen LogP contribution >= 0.6 is 0 Å². The molecule has 1 atom stereocenters. The molecular weight excluding hydrogens is 352 g/mol. The zero-order valence-electron chi connectivity index (χ0n) is 15.6. The van der Waals surface area contributed by atoms with E-state index < -0.39 is 22.0 Å². The minimum atomic E-state index is -3.67. The quantitative estimate of drug-likeness (QED) is 0.840. The van der Waals surface area contributed by atoms with E-state index in [1.165, 1.54) is 7.11 Å². The number of ether oxygens (including phenoxy) is 1. The van der Waals surface area contributed by atoms with Gasteiger partial charge in [0.05, 0.1) is 24.7 Å². The fraction of sp³-hybridized carbons (Fsp3) is 0.316. The highest BCUT2D eigenvalue weighted by atomic mass is 32.2. The van der Waals surface area contributed by atoms with Crippen molar-refractivity contribution in [2.24, 2.45) is 0 Å². The number of rotatable bonds is 6. The molecule has 0 saturated carbocycles. The third-order valence-electron chi connectivity index (χ3n) is 4.06. The van der Waals surface area contributed by atoms with Gasteiger partial charge in [-0.25, -0.2) is 8.42 Å². The van der Waals surface area contributed by atoms with Gasteiger partial charge in [0, 0.05) is 0 Å². The van der Waals surface area contributed by atoms with E-state index in [0.717, 1.165) is 21.7 Å². The molecule has 0 saturated heterocycles. The van der Waals surface area contributed by atoms with Gasteiger partial charge in [0.25, 0.3) is 0 Å². The normalized spacial score (nSPS) is 12.3. The standard InChI is InChI=1S/C19H24N2O4S/c1-13-10-11-14(2)17(12-13)21(26(5,23)24)15(3)19(22)20-16-8-6-7-9-18(16)25-4/h6-12,15H,1-5H3,(H,20,22)/t15-/m1/s1. The number of hydrogen-bond donors (Lipinski definition) is 1. The Labute approximate surface area is 154 Å². The molecule has 0 aliphatic rings. The summed E-state index contributed by atoms with van der Waals surface area (Å²) >= 11 is 0. The number of nitrogens with zero attached hydrogens (tertiary/aromatic N) is 1. The molecule has 26 heavy (non-hydrogen) atoms. The third kappa shape index (κ3) is 4.35. The second-order valence-corrected chi connectivity index (χ2v) is 8.07. The average Bonchev–Trinajstić information content (AvgIpc) is 2.57. The van der Waals surface area contributed by atoms with Gasteiger partial charge >= 0.3 is 0 Å². The highest BCUT2D eigenvalue weighted by Crippen LogP contribution is 2.28. The number of para-hydroxylation sites is 2. The lowest BCUT2D eigenvalue weighted by molar-refractivity contribution is -0.116. The number of methoxy groups -OCH3 is 1. The van der Waals surface area contributed by atoms with E-state index >= 15 is 0 Å². The smallest absolute Gasteiger partial charge is 0.248 e. The molecule has 1 amide bonds. The Morgan fingerprint density at radius 1 is 1.15 bits per heavy atom. The zero-order valence-corrected chi connectivity index (χ0v) is 16.4. The van der Waals surface area contributed by atoms with Crippen LogP contribution in [0.3, 0.4) is 0 Å². The van der Waals surface area contributed by atoms with Crippen LogP contribution in [-0.4, -0.2) is 33.7 Å². The van der Waals surface area contributed by atoms with Crippen LogP contribution in [0, 0.1) is 13.8 Å². The van der Waals surface area contributed by atoms with Crippen molar-refractivity contribution in [3.8, 4) is 5.75 Å². The Balaban J connectivity index is 2.40. The van der Waals surface area contributed by atoms with Crippen molar-refractivity contribution >= 4 is 27.3 Å². The summed E-state index contributed by atoms with van der Waals surface area (Å²) in [5.41, 5.74) is 2.67. The largest absolute Gasteiger partial charge is 0.495 e. The second-order valence-electron chi connectivity index (χ2n) is 6.21. The van der Waals surface area contributed by atoms with Gasteiger partial charge in [-0.1, -0.05) is 24.3 Å². The number of aryl methyl sites for hydroxylation is 2. The summed E-state index contributed by atoms with van der Waals surface area (Å²) in [6, 6.07) is 11.6. The number of amides is 1. The average molecular weight is 376 g/mol. The molecular formula is C19H24N2O4S. The Kier molecular flexibility index (Phi) is 5.92. The molecule has 0 aliphatic heterocycles. The minimum Gasteiger partial charge on any atom is -0.495 e. The van der Waals surface area contributed by atoms with Gasteiger partial charge in [0.15, 0.2) is 0 Å². The Morgan fingerprint density at radius 2 is 1.81 bits per heavy atom. The SMILES string of the molecule is COc1ccccc1NC(=O)[C@@H](C)N(c1cc(C)ccc1C)S(C)(=O)=O. The van der Waals surface area contributed by atoms with Crippen LogP contribution in [0.25, 0.3) is 0 Å². The lowest BCUT2D eigenvalue weighted by Gasteiger charge is -2.30. The van der Waals surface area contributed by atoms with Gasteiger partial charge in [-0.2, -0.15) is 0 Å². The Morgan fingerprint density at radius 3 is 2.42 bits per heavy atom. The molecule has 0 unspecified atom stereocenters. The molecule has 0 bridgehead atoms. The maximum Gasteiger partial charge on any atom is 0.248 e. The monoisotopic (exact) mass is 376 g/mol. The topological polar surface area (TPSA) is 75.7 Å². The van der Waals surface area contributed by atoms with Crippen molar-refractivity contribution in [3.05, 3.63) is 53.6 Å². The molecule has 1 N–H and O–H groups in total. The highest BCUT2D eigenvalue weighted by Gasteiger charge is 2.30. The molecule has 0 aliphatic carbocycles. The number of carbonyl (C=O) groups excluding carboxylic acids is 1. The third-order valence-corrected chi connectivity index (χ3v) is 5.28. The lowest BCUT2D eigenvalue weighted by Crippen LogP contribution is -2.45. The predicted octanol–water partition coefficient (Wildman–Crippen LogP) is 3.11. The van der Waals surface area contributed by atoms with Gasteiger partial charge in [-0.05, 0) is 50.1 Å². The van der Waals surface area contributed by atoms with E-state index in [1.54, 1.807) is 37.3 Å². The summed E-state index contributed by atoms with van der Waals surface area (Å²) in [5.74, 6) is 0.0616. The molecule has 0 radical (unpaired) electrons. The molecule has 7 heteroatoms. The van der Waals surface area contributed by atoms with Crippen molar-refractivity contribution in [2.45, 2.75) is 26.8 Å². The maximum absolute atomic E-state index is 12.8. The van der Waals surface area contributed by atoms with Crippen LogP contribution in [0.5, 0.6) is 5.75 Å². The second kappa shape index (κ2) is 7.78. The number of nitrogens with one attached hydrogen (secondary N) is 1. The fourth-order valence-corrected chi connectivity index (χ4v) is 3.95. The number of sulfonamides is 1. The van der Waals surface area contributed by atoms with Crippen LogP contribution < -0.4 is 14.4 Å². The first kappa shape index (κ1) is 19.8. The first-order valence-corrected chi connectivity index (χ1v) is 10.0. The number of hydrogen-bond acceptors (Lipinski definition) is 4. The summed E-state index contributed by atoms with van der Waals surface area (Å²) in [4.78, 5) is 12.8. The van der Waals surface area contributed by atoms with Gasteiger partial charge < -0.3 is 10.1 Å². The van der Waals surface area contributed by atoms with Crippen molar-refractivity contribution in [2.75, 3.05) is 23.0 Å².